The fourth-order valence-corrected chi connectivity index (χ4v) is 3.27. The van der Waals surface area contributed by atoms with Gasteiger partial charge in [-0.15, -0.1) is 0 Å². The van der Waals surface area contributed by atoms with E-state index in [0.29, 0.717) is 6.42 Å². The van der Waals surface area contributed by atoms with E-state index in [1.165, 1.54) is 24.9 Å². The Labute approximate surface area is 132 Å². The zero-order chi connectivity index (χ0) is 15.4. The maximum atomic E-state index is 12.4. The van der Waals surface area contributed by atoms with Crippen molar-refractivity contribution in [1.82, 2.24) is 0 Å². The third kappa shape index (κ3) is 2.92. The highest BCUT2D eigenvalue weighted by atomic mass is 16.1. The number of anilines is 1. The van der Waals surface area contributed by atoms with Gasteiger partial charge in [-0.3, -0.25) is 4.79 Å². The van der Waals surface area contributed by atoms with Gasteiger partial charge in [0.05, 0.1) is 0 Å². The lowest BCUT2D eigenvalue weighted by molar-refractivity contribution is 0.0989. The predicted molar refractivity (Wildman–Crippen MR) is 92.6 cm³/mol. The summed E-state index contributed by atoms with van der Waals surface area (Å²) in [6.07, 6.45) is 4.33. The number of ketones is 1. The minimum atomic E-state index is 0.220. The molecule has 2 aromatic rings. The summed E-state index contributed by atoms with van der Waals surface area (Å²) in [5.74, 6) is 0.220. The molecule has 22 heavy (non-hydrogen) atoms. The van der Waals surface area contributed by atoms with Crippen LogP contribution in [-0.2, 0) is 0 Å². The van der Waals surface area contributed by atoms with Crippen molar-refractivity contribution >= 4 is 11.5 Å². The van der Waals surface area contributed by atoms with Gasteiger partial charge in [-0.1, -0.05) is 49.4 Å². The molecular weight excluding hydrogens is 270 g/mol. The van der Waals surface area contributed by atoms with Gasteiger partial charge < -0.3 is 4.90 Å². The molecule has 0 saturated carbocycles. The first kappa shape index (κ1) is 14.8. The van der Waals surface area contributed by atoms with Crippen LogP contribution in [0.4, 0.5) is 5.69 Å². The van der Waals surface area contributed by atoms with Crippen LogP contribution in [0.25, 0.3) is 11.1 Å². The van der Waals surface area contributed by atoms with Crippen molar-refractivity contribution in [2.24, 2.45) is 0 Å². The number of benzene rings is 2. The number of carbonyl (C=O) groups excluding carboxylic acids is 1. The monoisotopic (exact) mass is 293 g/mol. The van der Waals surface area contributed by atoms with Crippen molar-refractivity contribution in [3.05, 3.63) is 54.1 Å². The van der Waals surface area contributed by atoms with Crippen LogP contribution in [0.15, 0.2) is 48.5 Å². The van der Waals surface area contributed by atoms with Crippen molar-refractivity contribution in [2.75, 3.05) is 18.0 Å². The van der Waals surface area contributed by atoms with E-state index < -0.39 is 0 Å². The van der Waals surface area contributed by atoms with Crippen molar-refractivity contribution in [1.29, 1.82) is 0 Å². The molecule has 114 valence electrons. The molecule has 1 saturated heterocycles. The molecule has 2 aromatic carbocycles. The summed E-state index contributed by atoms with van der Waals surface area (Å²) < 4.78 is 0. The number of Topliss-reactive ketones (excluding diaryl/α,β-unsaturated/α-hetero) is 1. The molecule has 0 unspecified atom stereocenters. The summed E-state index contributed by atoms with van der Waals surface area (Å²) in [5, 5.41) is 0. The van der Waals surface area contributed by atoms with Crippen molar-refractivity contribution in [3.63, 3.8) is 0 Å². The summed E-state index contributed by atoms with van der Waals surface area (Å²) >= 11 is 0. The molecule has 0 aliphatic carbocycles. The van der Waals surface area contributed by atoms with Crippen LogP contribution >= 0.6 is 0 Å². The Kier molecular flexibility index (Phi) is 4.57. The van der Waals surface area contributed by atoms with Crippen molar-refractivity contribution in [2.45, 2.75) is 32.6 Å². The van der Waals surface area contributed by atoms with Crippen LogP contribution in [0.3, 0.4) is 0 Å². The highest BCUT2D eigenvalue weighted by molar-refractivity contribution is 6.05. The molecule has 0 bridgehead atoms. The number of nitrogens with zero attached hydrogens (tertiary/aromatic N) is 1. The summed E-state index contributed by atoms with van der Waals surface area (Å²) in [7, 11) is 0. The van der Waals surface area contributed by atoms with Crippen molar-refractivity contribution in [3.8, 4) is 11.1 Å². The zero-order valence-electron chi connectivity index (χ0n) is 13.2. The van der Waals surface area contributed by atoms with Crippen LogP contribution in [0.5, 0.6) is 0 Å². The molecule has 0 atom stereocenters. The van der Waals surface area contributed by atoms with Crippen LogP contribution in [0.2, 0.25) is 0 Å². The van der Waals surface area contributed by atoms with Crippen LogP contribution in [-0.4, -0.2) is 18.9 Å². The molecule has 0 amide bonds. The third-order valence-electron chi connectivity index (χ3n) is 4.42. The van der Waals surface area contributed by atoms with Crippen LogP contribution in [0, 0.1) is 0 Å². The second-order valence-electron chi connectivity index (χ2n) is 5.89. The molecule has 0 spiro atoms. The number of hydrogen-bond acceptors (Lipinski definition) is 2. The molecule has 1 aliphatic heterocycles. The van der Waals surface area contributed by atoms with E-state index in [1.54, 1.807) is 0 Å². The van der Waals surface area contributed by atoms with Gasteiger partial charge in [0.2, 0.25) is 0 Å². The molecule has 1 fully saturated rings. The summed E-state index contributed by atoms with van der Waals surface area (Å²) in [5.41, 5.74) is 4.32. The fraction of sp³-hybridized carbons (Fsp3) is 0.350. The van der Waals surface area contributed by atoms with E-state index in [0.717, 1.165) is 29.8 Å². The predicted octanol–water partition coefficient (Wildman–Crippen LogP) is 4.94. The van der Waals surface area contributed by atoms with Crippen LogP contribution < -0.4 is 4.90 Å². The molecular formula is C20H23NO. The van der Waals surface area contributed by atoms with Gasteiger partial charge in [0, 0.05) is 36.3 Å². The molecule has 2 nitrogen and oxygen atoms in total. The number of piperidine rings is 1. The van der Waals surface area contributed by atoms with Crippen LogP contribution in [0.1, 0.15) is 43.0 Å². The molecule has 2 heteroatoms. The first-order valence-corrected chi connectivity index (χ1v) is 8.28. The molecule has 1 aliphatic rings. The lowest BCUT2D eigenvalue weighted by atomic mass is 9.93. The largest absolute Gasteiger partial charge is 0.371 e. The molecule has 3 rings (SSSR count). The maximum Gasteiger partial charge on any atom is 0.163 e. The first-order chi connectivity index (χ1) is 10.8. The van der Waals surface area contributed by atoms with Gasteiger partial charge >= 0.3 is 0 Å². The minimum absolute atomic E-state index is 0.220. The van der Waals surface area contributed by atoms with E-state index in [-0.39, 0.29) is 5.78 Å². The maximum absolute atomic E-state index is 12.4. The summed E-state index contributed by atoms with van der Waals surface area (Å²) in [6, 6.07) is 16.5. The number of rotatable bonds is 4. The van der Waals surface area contributed by atoms with Gasteiger partial charge in [0.1, 0.15) is 0 Å². The van der Waals surface area contributed by atoms with Gasteiger partial charge in [-0.2, -0.15) is 0 Å². The molecule has 1 heterocycles. The van der Waals surface area contributed by atoms with Gasteiger partial charge in [0.25, 0.3) is 0 Å². The molecule has 0 N–H and O–H groups in total. The zero-order valence-corrected chi connectivity index (χ0v) is 13.2. The smallest absolute Gasteiger partial charge is 0.163 e. The SMILES string of the molecule is CCC(=O)c1cccc(N2CCCCC2)c1-c1ccccc1. The first-order valence-electron chi connectivity index (χ1n) is 8.28. The Balaban J connectivity index is 2.14. The second-order valence-corrected chi connectivity index (χ2v) is 5.89. The second kappa shape index (κ2) is 6.78. The lowest BCUT2D eigenvalue weighted by Gasteiger charge is -2.31. The van der Waals surface area contributed by atoms with E-state index >= 15 is 0 Å². The standard InChI is InChI=1S/C20H23NO/c1-2-19(22)17-12-9-13-18(21-14-7-4-8-15-21)20(17)16-10-5-3-6-11-16/h3,5-6,9-13H,2,4,7-8,14-15H2,1H3. The molecule has 0 radical (unpaired) electrons. The third-order valence-corrected chi connectivity index (χ3v) is 4.42. The number of hydrogen-bond donors (Lipinski definition) is 0. The van der Waals surface area contributed by atoms with Gasteiger partial charge in [-0.05, 0) is 30.9 Å². The van der Waals surface area contributed by atoms with E-state index in [9.17, 15) is 4.79 Å². The lowest BCUT2D eigenvalue weighted by Crippen LogP contribution is -2.30. The Hall–Kier alpha value is -2.09. The van der Waals surface area contributed by atoms with Gasteiger partial charge in [0.15, 0.2) is 5.78 Å². The number of carbonyl (C=O) groups is 1. The van der Waals surface area contributed by atoms with Gasteiger partial charge in [-0.25, -0.2) is 0 Å². The topological polar surface area (TPSA) is 20.3 Å². The normalized spacial score (nSPS) is 14.9. The summed E-state index contributed by atoms with van der Waals surface area (Å²) in [4.78, 5) is 14.9. The highest BCUT2D eigenvalue weighted by Crippen LogP contribution is 2.36. The Morgan fingerprint density at radius 3 is 2.36 bits per heavy atom. The Morgan fingerprint density at radius 2 is 1.68 bits per heavy atom. The Morgan fingerprint density at radius 1 is 0.955 bits per heavy atom. The van der Waals surface area contributed by atoms with E-state index in [4.69, 9.17) is 0 Å². The Bertz CT molecular complexity index is 642. The van der Waals surface area contributed by atoms with Crippen molar-refractivity contribution < 1.29 is 4.79 Å². The quantitative estimate of drug-likeness (QED) is 0.744. The molecule has 0 aromatic heterocycles. The van der Waals surface area contributed by atoms with E-state index in [1.807, 2.05) is 37.3 Å². The minimum Gasteiger partial charge on any atom is -0.371 e. The van der Waals surface area contributed by atoms with E-state index in [2.05, 4.69) is 23.1 Å². The average Bonchev–Trinajstić information content (AvgIpc) is 2.62. The fourth-order valence-electron chi connectivity index (χ4n) is 3.27. The average molecular weight is 293 g/mol. The highest BCUT2D eigenvalue weighted by Gasteiger charge is 2.20. The summed E-state index contributed by atoms with van der Waals surface area (Å²) in [6.45, 7) is 4.11.